The summed E-state index contributed by atoms with van der Waals surface area (Å²) in [5, 5.41) is 6.02. The Labute approximate surface area is 124 Å². The standard InChI is InChI=1S/C16H19N3O2/c1-21-11-5-10-17-16(20)15-9-8-14(12-18-15)19-13-6-3-2-4-7-13/h2-4,6-9,12,19H,5,10-11H2,1H3,(H,17,20). The highest BCUT2D eigenvalue weighted by Crippen LogP contribution is 2.14. The van der Waals surface area contributed by atoms with Crippen LogP contribution in [0.25, 0.3) is 0 Å². The van der Waals surface area contributed by atoms with Gasteiger partial charge in [-0.2, -0.15) is 0 Å². The average molecular weight is 285 g/mol. The van der Waals surface area contributed by atoms with Gasteiger partial charge in [0.25, 0.3) is 5.91 Å². The van der Waals surface area contributed by atoms with E-state index in [0.29, 0.717) is 18.8 Å². The predicted octanol–water partition coefficient (Wildman–Crippen LogP) is 2.59. The number of nitrogens with one attached hydrogen (secondary N) is 2. The Morgan fingerprint density at radius 2 is 1.95 bits per heavy atom. The quantitative estimate of drug-likeness (QED) is 0.768. The molecule has 0 fully saturated rings. The van der Waals surface area contributed by atoms with Crippen LogP contribution in [0.5, 0.6) is 0 Å². The second-order valence-corrected chi connectivity index (χ2v) is 4.53. The first-order chi connectivity index (χ1) is 10.3. The third-order valence-corrected chi connectivity index (χ3v) is 2.87. The summed E-state index contributed by atoms with van der Waals surface area (Å²) in [6.45, 7) is 1.21. The van der Waals surface area contributed by atoms with Crippen LogP contribution in [0.4, 0.5) is 11.4 Å². The maximum Gasteiger partial charge on any atom is 0.269 e. The number of carbonyl (C=O) groups excluding carboxylic acids is 1. The minimum atomic E-state index is -0.169. The number of benzene rings is 1. The first-order valence-corrected chi connectivity index (χ1v) is 6.85. The fraction of sp³-hybridized carbons (Fsp3) is 0.250. The Balaban J connectivity index is 1.88. The molecule has 5 heteroatoms. The lowest BCUT2D eigenvalue weighted by Gasteiger charge is -2.07. The topological polar surface area (TPSA) is 63.2 Å². The van der Waals surface area contributed by atoms with Crippen molar-refractivity contribution < 1.29 is 9.53 Å². The summed E-state index contributed by atoms with van der Waals surface area (Å²) in [5.74, 6) is -0.169. The number of carbonyl (C=O) groups is 1. The van der Waals surface area contributed by atoms with Crippen molar-refractivity contribution in [2.45, 2.75) is 6.42 Å². The second-order valence-electron chi connectivity index (χ2n) is 4.53. The zero-order valence-corrected chi connectivity index (χ0v) is 12.0. The molecule has 0 saturated heterocycles. The highest BCUT2D eigenvalue weighted by molar-refractivity contribution is 5.92. The van der Waals surface area contributed by atoms with Gasteiger partial charge in [-0.25, -0.2) is 4.98 Å². The van der Waals surface area contributed by atoms with Gasteiger partial charge < -0.3 is 15.4 Å². The normalized spacial score (nSPS) is 10.1. The van der Waals surface area contributed by atoms with E-state index >= 15 is 0 Å². The Kier molecular flexibility index (Phi) is 5.72. The zero-order chi connectivity index (χ0) is 14.9. The third kappa shape index (κ3) is 4.89. The summed E-state index contributed by atoms with van der Waals surface area (Å²) in [6, 6.07) is 13.4. The van der Waals surface area contributed by atoms with E-state index < -0.39 is 0 Å². The van der Waals surface area contributed by atoms with E-state index in [9.17, 15) is 4.79 Å². The first-order valence-electron chi connectivity index (χ1n) is 6.85. The predicted molar refractivity (Wildman–Crippen MR) is 82.8 cm³/mol. The van der Waals surface area contributed by atoms with Crippen LogP contribution < -0.4 is 10.6 Å². The number of rotatable bonds is 7. The lowest BCUT2D eigenvalue weighted by Crippen LogP contribution is -2.26. The number of hydrogen-bond donors (Lipinski definition) is 2. The Morgan fingerprint density at radius 1 is 1.14 bits per heavy atom. The number of anilines is 2. The number of methoxy groups -OCH3 is 1. The van der Waals surface area contributed by atoms with Crippen LogP contribution in [0, 0.1) is 0 Å². The summed E-state index contributed by atoms with van der Waals surface area (Å²) >= 11 is 0. The van der Waals surface area contributed by atoms with E-state index in [1.54, 1.807) is 19.4 Å². The highest BCUT2D eigenvalue weighted by atomic mass is 16.5. The number of hydrogen-bond acceptors (Lipinski definition) is 4. The average Bonchev–Trinajstić information content (AvgIpc) is 2.53. The van der Waals surface area contributed by atoms with Gasteiger partial charge in [-0.05, 0) is 30.7 Å². The minimum absolute atomic E-state index is 0.169. The van der Waals surface area contributed by atoms with Crippen molar-refractivity contribution in [3.63, 3.8) is 0 Å². The van der Waals surface area contributed by atoms with E-state index in [1.165, 1.54) is 0 Å². The number of pyridine rings is 1. The summed E-state index contributed by atoms with van der Waals surface area (Å²) in [6.07, 6.45) is 2.44. The van der Waals surface area contributed by atoms with Crippen molar-refractivity contribution >= 4 is 17.3 Å². The highest BCUT2D eigenvalue weighted by Gasteiger charge is 2.06. The van der Waals surface area contributed by atoms with Gasteiger partial charge >= 0.3 is 0 Å². The van der Waals surface area contributed by atoms with Crippen molar-refractivity contribution in [2.24, 2.45) is 0 Å². The van der Waals surface area contributed by atoms with Gasteiger partial charge in [-0.3, -0.25) is 4.79 Å². The molecule has 0 atom stereocenters. The minimum Gasteiger partial charge on any atom is -0.385 e. The maximum absolute atomic E-state index is 11.8. The van der Waals surface area contributed by atoms with Crippen molar-refractivity contribution in [1.82, 2.24) is 10.3 Å². The summed E-state index contributed by atoms with van der Waals surface area (Å²) < 4.78 is 4.93. The number of amides is 1. The summed E-state index contributed by atoms with van der Waals surface area (Å²) in [4.78, 5) is 16.0. The number of nitrogens with zero attached hydrogens (tertiary/aromatic N) is 1. The molecule has 5 nitrogen and oxygen atoms in total. The van der Waals surface area contributed by atoms with Crippen LogP contribution in [-0.2, 0) is 4.74 Å². The van der Waals surface area contributed by atoms with Crippen LogP contribution in [0.15, 0.2) is 48.7 Å². The molecular weight excluding hydrogens is 266 g/mol. The largest absolute Gasteiger partial charge is 0.385 e. The van der Waals surface area contributed by atoms with Crippen LogP contribution in [0.1, 0.15) is 16.9 Å². The fourth-order valence-corrected chi connectivity index (χ4v) is 1.80. The Hall–Kier alpha value is -2.40. The molecule has 0 bridgehead atoms. The van der Waals surface area contributed by atoms with E-state index in [1.807, 2.05) is 36.4 Å². The molecule has 0 spiro atoms. The Bertz CT molecular complexity index is 555. The molecule has 0 aliphatic rings. The molecule has 0 saturated carbocycles. The molecule has 2 N–H and O–H groups in total. The molecule has 0 radical (unpaired) electrons. The van der Waals surface area contributed by atoms with Crippen LogP contribution in [0.2, 0.25) is 0 Å². The van der Waals surface area contributed by atoms with E-state index in [4.69, 9.17) is 4.74 Å². The van der Waals surface area contributed by atoms with Crippen molar-refractivity contribution in [3.05, 3.63) is 54.4 Å². The lowest BCUT2D eigenvalue weighted by atomic mass is 10.3. The molecule has 2 rings (SSSR count). The van der Waals surface area contributed by atoms with Gasteiger partial charge in [0.1, 0.15) is 5.69 Å². The van der Waals surface area contributed by atoms with Crippen molar-refractivity contribution in [2.75, 3.05) is 25.6 Å². The third-order valence-electron chi connectivity index (χ3n) is 2.87. The summed E-state index contributed by atoms with van der Waals surface area (Å²) in [5.41, 5.74) is 2.24. The van der Waals surface area contributed by atoms with Crippen LogP contribution in [-0.4, -0.2) is 31.2 Å². The van der Waals surface area contributed by atoms with Crippen LogP contribution in [0.3, 0.4) is 0 Å². The molecule has 1 aromatic heterocycles. The van der Waals surface area contributed by atoms with Gasteiger partial charge in [0.2, 0.25) is 0 Å². The maximum atomic E-state index is 11.8. The molecule has 0 unspecified atom stereocenters. The zero-order valence-electron chi connectivity index (χ0n) is 12.0. The van der Waals surface area contributed by atoms with Gasteiger partial charge in [-0.15, -0.1) is 0 Å². The van der Waals surface area contributed by atoms with Gasteiger partial charge in [-0.1, -0.05) is 18.2 Å². The number of ether oxygens (including phenoxy) is 1. The molecule has 1 aromatic carbocycles. The number of para-hydroxylation sites is 1. The molecule has 0 aliphatic carbocycles. The molecule has 1 heterocycles. The first kappa shape index (κ1) is 15.0. The fourth-order valence-electron chi connectivity index (χ4n) is 1.80. The smallest absolute Gasteiger partial charge is 0.269 e. The van der Waals surface area contributed by atoms with E-state index in [0.717, 1.165) is 17.8 Å². The second kappa shape index (κ2) is 8.01. The van der Waals surface area contributed by atoms with Gasteiger partial charge in [0.15, 0.2) is 0 Å². The van der Waals surface area contributed by atoms with Crippen molar-refractivity contribution in [3.8, 4) is 0 Å². The van der Waals surface area contributed by atoms with Crippen molar-refractivity contribution in [1.29, 1.82) is 0 Å². The van der Waals surface area contributed by atoms with Gasteiger partial charge in [0, 0.05) is 25.9 Å². The lowest BCUT2D eigenvalue weighted by molar-refractivity contribution is 0.0943. The molecule has 21 heavy (non-hydrogen) atoms. The Morgan fingerprint density at radius 3 is 2.62 bits per heavy atom. The van der Waals surface area contributed by atoms with Crippen LogP contribution >= 0.6 is 0 Å². The number of aromatic nitrogens is 1. The van der Waals surface area contributed by atoms with Gasteiger partial charge in [0.05, 0.1) is 11.9 Å². The molecule has 0 aliphatic heterocycles. The summed E-state index contributed by atoms with van der Waals surface area (Å²) in [7, 11) is 1.64. The molecule has 1 amide bonds. The monoisotopic (exact) mass is 285 g/mol. The van der Waals surface area contributed by atoms with E-state index in [-0.39, 0.29) is 5.91 Å². The molecule has 2 aromatic rings. The van der Waals surface area contributed by atoms with E-state index in [2.05, 4.69) is 15.6 Å². The SMILES string of the molecule is COCCCNC(=O)c1ccc(Nc2ccccc2)cn1. The molecular formula is C16H19N3O2. The molecule has 110 valence electrons.